The number of nitrogens with zero attached hydrogens (tertiary/aromatic N) is 2. The quantitative estimate of drug-likeness (QED) is 0.634. The van der Waals surface area contributed by atoms with Crippen molar-refractivity contribution in [1.82, 2.24) is 0 Å². The molecule has 0 unspecified atom stereocenters. The molecule has 0 radical (unpaired) electrons. The normalized spacial score (nSPS) is 17.9. The zero-order valence-electron chi connectivity index (χ0n) is 11.7. The highest BCUT2D eigenvalue weighted by Gasteiger charge is 2.27. The number of allylic oxidation sites excluding steroid dienone is 4. The first-order chi connectivity index (χ1) is 9.17. The molecule has 108 valence electrons. The van der Waals surface area contributed by atoms with E-state index in [4.69, 9.17) is 15.1 Å². The Morgan fingerprint density at radius 3 is 2.45 bits per heavy atom. The van der Waals surface area contributed by atoms with E-state index in [-0.39, 0.29) is 16.7 Å². The Hall–Kier alpha value is -1.63. The molecule has 0 aromatic carbocycles. The average molecular weight is 294 g/mol. The zero-order valence-corrected chi connectivity index (χ0v) is 12.5. The minimum atomic E-state index is -3.94. The monoisotopic (exact) mass is 294 g/mol. The van der Waals surface area contributed by atoms with Crippen LogP contribution >= 0.6 is 0 Å². The van der Waals surface area contributed by atoms with E-state index < -0.39 is 10.1 Å². The first-order valence-electron chi connectivity index (χ1n) is 6.35. The van der Waals surface area contributed by atoms with Gasteiger partial charge in [-0.3, -0.25) is 4.55 Å². The highest BCUT2D eigenvalue weighted by molar-refractivity contribution is 7.85. The van der Waals surface area contributed by atoms with Crippen LogP contribution in [0, 0.1) is 28.1 Å². The molecule has 0 aromatic heterocycles. The molecule has 6 heteroatoms. The van der Waals surface area contributed by atoms with Crippen molar-refractivity contribution in [2.24, 2.45) is 5.41 Å². The summed E-state index contributed by atoms with van der Waals surface area (Å²) in [4.78, 5) is 0. The average Bonchev–Trinajstić information content (AvgIpc) is 2.26. The van der Waals surface area contributed by atoms with Gasteiger partial charge in [0.1, 0.15) is 17.7 Å². The molecule has 0 heterocycles. The van der Waals surface area contributed by atoms with Crippen LogP contribution in [0.15, 0.2) is 22.8 Å². The number of hydrogen-bond donors (Lipinski definition) is 1. The lowest BCUT2D eigenvalue weighted by molar-refractivity contribution is 0.346. The summed E-state index contributed by atoms with van der Waals surface area (Å²) in [7, 11) is -3.94. The molecular weight excluding hydrogens is 276 g/mol. The van der Waals surface area contributed by atoms with Crippen molar-refractivity contribution in [3.8, 4) is 12.1 Å². The van der Waals surface area contributed by atoms with E-state index in [2.05, 4.69) is 13.8 Å². The molecule has 0 saturated carbocycles. The second kappa shape index (κ2) is 6.21. The first-order valence-corrected chi connectivity index (χ1v) is 7.96. The SMILES string of the molecule is CC1(C)CC(CCCS(=O)(=O)O)=CC(=C(C#N)C#N)C1. The van der Waals surface area contributed by atoms with E-state index in [1.807, 2.05) is 18.2 Å². The Morgan fingerprint density at radius 2 is 1.95 bits per heavy atom. The van der Waals surface area contributed by atoms with Gasteiger partial charge in [-0.15, -0.1) is 0 Å². The summed E-state index contributed by atoms with van der Waals surface area (Å²) in [6, 6.07) is 3.80. The van der Waals surface area contributed by atoms with Crippen LogP contribution in [-0.2, 0) is 10.1 Å². The van der Waals surface area contributed by atoms with E-state index in [1.165, 1.54) is 0 Å². The van der Waals surface area contributed by atoms with Gasteiger partial charge in [0.15, 0.2) is 0 Å². The fourth-order valence-corrected chi connectivity index (χ4v) is 3.02. The number of hydrogen-bond acceptors (Lipinski definition) is 4. The van der Waals surface area contributed by atoms with Crippen molar-refractivity contribution in [3.63, 3.8) is 0 Å². The molecule has 0 saturated heterocycles. The third kappa shape index (κ3) is 5.16. The van der Waals surface area contributed by atoms with Gasteiger partial charge in [-0.1, -0.05) is 25.5 Å². The molecule has 0 spiro atoms. The fraction of sp³-hybridized carbons (Fsp3) is 0.571. The fourth-order valence-electron chi connectivity index (χ4n) is 2.51. The lowest BCUT2D eigenvalue weighted by Gasteiger charge is -2.31. The molecule has 0 bridgehead atoms. The van der Waals surface area contributed by atoms with Gasteiger partial charge in [0.05, 0.1) is 5.75 Å². The molecular formula is C14H18N2O3S. The molecule has 5 nitrogen and oxygen atoms in total. The van der Waals surface area contributed by atoms with Crippen LogP contribution in [0.2, 0.25) is 0 Å². The van der Waals surface area contributed by atoms with Gasteiger partial charge in [0.25, 0.3) is 10.1 Å². The predicted molar refractivity (Wildman–Crippen MR) is 75.0 cm³/mol. The Balaban J connectivity index is 2.93. The van der Waals surface area contributed by atoms with Gasteiger partial charge in [-0.2, -0.15) is 18.9 Å². The zero-order chi connectivity index (χ0) is 15.4. The minimum Gasteiger partial charge on any atom is -0.286 e. The second-order valence-electron chi connectivity index (χ2n) is 5.83. The summed E-state index contributed by atoms with van der Waals surface area (Å²) in [5.74, 6) is -0.271. The molecule has 0 atom stereocenters. The van der Waals surface area contributed by atoms with E-state index in [1.54, 1.807) is 0 Å². The molecule has 1 aliphatic carbocycles. The van der Waals surface area contributed by atoms with Crippen LogP contribution in [0.25, 0.3) is 0 Å². The maximum atomic E-state index is 10.7. The van der Waals surface area contributed by atoms with Gasteiger partial charge in [0.2, 0.25) is 0 Å². The number of rotatable bonds is 4. The van der Waals surface area contributed by atoms with E-state index >= 15 is 0 Å². The molecule has 1 aliphatic rings. The second-order valence-corrected chi connectivity index (χ2v) is 7.41. The summed E-state index contributed by atoms with van der Waals surface area (Å²) < 4.78 is 30.1. The van der Waals surface area contributed by atoms with Gasteiger partial charge in [0, 0.05) is 0 Å². The van der Waals surface area contributed by atoms with Crippen molar-refractivity contribution in [2.45, 2.75) is 39.5 Å². The van der Waals surface area contributed by atoms with Crippen LogP contribution in [0.3, 0.4) is 0 Å². The molecule has 0 amide bonds. The van der Waals surface area contributed by atoms with Crippen molar-refractivity contribution in [2.75, 3.05) is 5.75 Å². The lowest BCUT2D eigenvalue weighted by atomic mass is 9.73. The molecule has 20 heavy (non-hydrogen) atoms. The summed E-state index contributed by atoms with van der Waals surface area (Å²) in [6.07, 6.45) is 4.16. The van der Waals surface area contributed by atoms with Crippen LogP contribution in [0.4, 0.5) is 0 Å². The topological polar surface area (TPSA) is 102 Å². The largest absolute Gasteiger partial charge is 0.286 e. The Morgan fingerprint density at radius 1 is 1.35 bits per heavy atom. The molecule has 0 aliphatic heterocycles. The minimum absolute atomic E-state index is 0.0591. The summed E-state index contributed by atoms with van der Waals surface area (Å²) in [6.45, 7) is 4.10. The van der Waals surface area contributed by atoms with Crippen LogP contribution in [0.1, 0.15) is 39.5 Å². The maximum Gasteiger partial charge on any atom is 0.264 e. The van der Waals surface area contributed by atoms with Gasteiger partial charge in [-0.05, 0) is 36.7 Å². The molecule has 0 aromatic rings. The van der Waals surface area contributed by atoms with Gasteiger partial charge >= 0.3 is 0 Å². The van der Waals surface area contributed by atoms with E-state index in [9.17, 15) is 8.42 Å². The van der Waals surface area contributed by atoms with Crippen molar-refractivity contribution < 1.29 is 13.0 Å². The van der Waals surface area contributed by atoms with Crippen LogP contribution in [-0.4, -0.2) is 18.7 Å². The van der Waals surface area contributed by atoms with Crippen molar-refractivity contribution in [3.05, 3.63) is 22.8 Å². The Bertz CT molecular complexity index is 612. The van der Waals surface area contributed by atoms with Gasteiger partial charge < -0.3 is 0 Å². The molecule has 0 fully saturated rings. The Labute approximate surface area is 120 Å². The van der Waals surface area contributed by atoms with Crippen molar-refractivity contribution >= 4 is 10.1 Å². The standard InChI is InChI=1S/C14H18N2O3S/c1-14(2)7-11(4-3-5-20(17,18)19)6-12(8-14)13(9-15)10-16/h6H,3-5,7-8H2,1-2H3,(H,17,18,19). The maximum absolute atomic E-state index is 10.7. The van der Waals surface area contributed by atoms with E-state index in [0.717, 1.165) is 12.0 Å². The molecule has 1 N–H and O–H groups in total. The predicted octanol–water partition coefficient (Wildman–Crippen LogP) is 2.74. The number of nitriles is 2. The van der Waals surface area contributed by atoms with Crippen molar-refractivity contribution in [1.29, 1.82) is 10.5 Å². The highest BCUT2D eigenvalue weighted by Crippen LogP contribution is 2.40. The summed E-state index contributed by atoms with van der Waals surface area (Å²) in [5, 5.41) is 17.9. The molecule has 1 rings (SSSR count). The smallest absolute Gasteiger partial charge is 0.264 e. The summed E-state index contributed by atoms with van der Waals surface area (Å²) in [5.41, 5.74) is 1.79. The highest BCUT2D eigenvalue weighted by atomic mass is 32.2. The van der Waals surface area contributed by atoms with Crippen LogP contribution < -0.4 is 0 Å². The third-order valence-corrected chi connectivity index (χ3v) is 4.00. The lowest BCUT2D eigenvalue weighted by Crippen LogP contribution is -2.18. The first kappa shape index (κ1) is 16.4. The van der Waals surface area contributed by atoms with Gasteiger partial charge in [-0.25, -0.2) is 0 Å². The third-order valence-electron chi connectivity index (χ3n) is 3.20. The van der Waals surface area contributed by atoms with E-state index in [0.29, 0.717) is 24.8 Å². The Kier molecular flexibility index (Phi) is 5.10. The van der Waals surface area contributed by atoms with Crippen LogP contribution in [0.5, 0.6) is 0 Å². The summed E-state index contributed by atoms with van der Waals surface area (Å²) >= 11 is 0.